The number of amides is 1. The number of hydrogen-bond acceptors (Lipinski definition) is 3. The molecule has 2 fully saturated rings. The zero-order valence-electron chi connectivity index (χ0n) is 8.58. The molecule has 0 aromatic carbocycles. The Kier molecular flexibility index (Phi) is 3.03. The lowest BCUT2D eigenvalue weighted by Crippen LogP contribution is -2.57. The van der Waals surface area contributed by atoms with E-state index in [4.69, 9.17) is 4.74 Å². The van der Waals surface area contributed by atoms with Gasteiger partial charge in [-0.05, 0) is 26.2 Å². The molecule has 14 heavy (non-hydrogen) atoms. The molecule has 2 aliphatic rings. The molecule has 2 N–H and O–H groups in total. The van der Waals surface area contributed by atoms with Crippen LogP contribution in [0.15, 0.2) is 0 Å². The molecular weight excluding hydrogens is 180 g/mol. The molecule has 1 heterocycles. The van der Waals surface area contributed by atoms with Crippen molar-refractivity contribution in [3.63, 3.8) is 0 Å². The average Bonchev–Trinajstić information content (AvgIpc) is 2.12. The molecule has 1 amide bonds. The topological polar surface area (TPSA) is 50.4 Å². The number of ether oxygens (including phenoxy) is 1. The molecule has 1 saturated carbocycles. The predicted molar refractivity (Wildman–Crippen MR) is 53.0 cm³/mol. The van der Waals surface area contributed by atoms with E-state index in [9.17, 15) is 4.79 Å². The van der Waals surface area contributed by atoms with Gasteiger partial charge >= 0.3 is 0 Å². The fraction of sp³-hybridized carbons (Fsp3) is 0.900. The molecule has 1 aliphatic carbocycles. The molecular formula is C10H18N2O2. The van der Waals surface area contributed by atoms with E-state index >= 15 is 0 Å². The fourth-order valence-electron chi connectivity index (χ4n) is 1.87. The van der Waals surface area contributed by atoms with E-state index in [2.05, 4.69) is 10.6 Å². The van der Waals surface area contributed by atoms with Crippen molar-refractivity contribution in [3.8, 4) is 0 Å². The van der Waals surface area contributed by atoms with Gasteiger partial charge in [0.2, 0.25) is 5.91 Å². The Morgan fingerprint density at radius 3 is 2.86 bits per heavy atom. The molecule has 4 heteroatoms. The minimum atomic E-state index is -0.163. The lowest BCUT2D eigenvalue weighted by molar-refractivity contribution is -0.130. The van der Waals surface area contributed by atoms with Crippen molar-refractivity contribution in [2.24, 2.45) is 0 Å². The second-order valence-electron chi connectivity index (χ2n) is 4.14. The maximum atomic E-state index is 11.8. The monoisotopic (exact) mass is 198 g/mol. The minimum absolute atomic E-state index is 0.0103. The largest absolute Gasteiger partial charge is 0.375 e. The summed E-state index contributed by atoms with van der Waals surface area (Å²) in [5, 5.41) is 6.22. The Bertz CT molecular complexity index is 216. The molecule has 4 nitrogen and oxygen atoms in total. The fourth-order valence-corrected chi connectivity index (χ4v) is 1.87. The molecule has 0 unspecified atom stereocenters. The van der Waals surface area contributed by atoms with Gasteiger partial charge in [0.1, 0.15) is 6.04 Å². The van der Waals surface area contributed by atoms with E-state index in [0.717, 1.165) is 19.4 Å². The Morgan fingerprint density at radius 1 is 1.50 bits per heavy atom. The summed E-state index contributed by atoms with van der Waals surface area (Å²) in [5.41, 5.74) is 0. The van der Waals surface area contributed by atoms with Crippen LogP contribution in [0.4, 0.5) is 0 Å². The van der Waals surface area contributed by atoms with Crippen LogP contribution in [0.5, 0.6) is 0 Å². The van der Waals surface area contributed by atoms with Gasteiger partial charge in [-0.15, -0.1) is 0 Å². The minimum Gasteiger partial charge on any atom is -0.375 e. The average molecular weight is 198 g/mol. The van der Waals surface area contributed by atoms with Crippen molar-refractivity contribution in [1.29, 1.82) is 0 Å². The first-order valence-corrected chi connectivity index (χ1v) is 5.43. The molecule has 0 aromatic rings. The van der Waals surface area contributed by atoms with E-state index in [1.807, 2.05) is 6.92 Å². The Hall–Kier alpha value is -0.610. The first-order chi connectivity index (χ1) is 6.77. The molecule has 1 aliphatic heterocycles. The van der Waals surface area contributed by atoms with E-state index in [1.54, 1.807) is 0 Å². The van der Waals surface area contributed by atoms with Crippen LogP contribution in [-0.2, 0) is 9.53 Å². The number of carbonyl (C=O) groups is 1. The highest BCUT2D eigenvalue weighted by Crippen LogP contribution is 2.18. The van der Waals surface area contributed by atoms with Crippen LogP contribution in [0.1, 0.15) is 26.2 Å². The van der Waals surface area contributed by atoms with E-state index in [1.165, 1.54) is 6.42 Å². The molecule has 0 aromatic heterocycles. The SMILES string of the molecule is C[C@H]1OCCN[C@@H]1C(=O)NC1CCC1. The molecule has 0 radical (unpaired) electrons. The summed E-state index contributed by atoms with van der Waals surface area (Å²) in [7, 11) is 0. The lowest BCUT2D eigenvalue weighted by Gasteiger charge is -2.33. The summed E-state index contributed by atoms with van der Waals surface area (Å²) in [6, 6.07) is 0.253. The van der Waals surface area contributed by atoms with Gasteiger partial charge in [0, 0.05) is 12.6 Å². The second kappa shape index (κ2) is 4.28. The van der Waals surface area contributed by atoms with Crippen LogP contribution in [0.3, 0.4) is 0 Å². The van der Waals surface area contributed by atoms with Crippen molar-refractivity contribution < 1.29 is 9.53 Å². The quantitative estimate of drug-likeness (QED) is 0.658. The standard InChI is InChI=1S/C10H18N2O2/c1-7-9(11-5-6-14-7)10(13)12-8-3-2-4-8/h7-9,11H,2-6H2,1H3,(H,12,13)/t7-,9+/m1/s1. The van der Waals surface area contributed by atoms with Crippen LogP contribution in [0, 0.1) is 0 Å². The number of carbonyl (C=O) groups excluding carboxylic acids is 1. The Morgan fingerprint density at radius 2 is 2.29 bits per heavy atom. The molecule has 80 valence electrons. The van der Waals surface area contributed by atoms with Crippen molar-refractivity contribution in [2.75, 3.05) is 13.2 Å². The third-order valence-corrected chi connectivity index (χ3v) is 3.05. The second-order valence-corrected chi connectivity index (χ2v) is 4.14. The van der Waals surface area contributed by atoms with Crippen LogP contribution < -0.4 is 10.6 Å². The van der Waals surface area contributed by atoms with Crippen LogP contribution in [0.25, 0.3) is 0 Å². The van der Waals surface area contributed by atoms with Gasteiger partial charge in [-0.1, -0.05) is 0 Å². The maximum absolute atomic E-state index is 11.8. The van der Waals surface area contributed by atoms with Crippen LogP contribution >= 0.6 is 0 Å². The highest BCUT2D eigenvalue weighted by molar-refractivity contribution is 5.82. The maximum Gasteiger partial charge on any atom is 0.240 e. The first-order valence-electron chi connectivity index (χ1n) is 5.43. The van der Waals surface area contributed by atoms with Gasteiger partial charge in [0.25, 0.3) is 0 Å². The third kappa shape index (κ3) is 2.07. The smallest absolute Gasteiger partial charge is 0.240 e. The molecule has 2 atom stereocenters. The van der Waals surface area contributed by atoms with E-state index in [-0.39, 0.29) is 18.1 Å². The Balaban J connectivity index is 1.82. The summed E-state index contributed by atoms with van der Waals surface area (Å²) in [4.78, 5) is 11.8. The normalized spacial score (nSPS) is 33.5. The Labute approximate surface area is 84.4 Å². The summed E-state index contributed by atoms with van der Waals surface area (Å²) in [5.74, 6) is 0.0990. The molecule has 1 saturated heterocycles. The highest BCUT2D eigenvalue weighted by atomic mass is 16.5. The number of morpholine rings is 1. The number of nitrogens with one attached hydrogen (secondary N) is 2. The lowest BCUT2D eigenvalue weighted by atomic mass is 9.92. The van der Waals surface area contributed by atoms with Crippen LogP contribution in [0.2, 0.25) is 0 Å². The van der Waals surface area contributed by atoms with Crippen molar-refractivity contribution in [2.45, 2.75) is 44.4 Å². The van der Waals surface area contributed by atoms with Gasteiger partial charge in [-0.25, -0.2) is 0 Å². The predicted octanol–water partition coefficient (Wildman–Crippen LogP) is 0.0320. The van der Waals surface area contributed by atoms with Gasteiger partial charge < -0.3 is 15.4 Å². The summed E-state index contributed by atoms with van der Waals surface area (Å²) >= 11 is 0. The van der Waals surface area contributed by atoms with Crippen molar-refractivity contribution in [1.82, 2.24) is 10.6 Å². The van der Waals surface area contributed by atoms with Gasteiger partial charge in [0.15, 0.2) is 0 Å². The summed E-state index contributed by atoms with van der Waals surface area (Å²) in [6.07, 6.45) is 3.50. The van der Waals surface area contributed by atoms with Crippen molar-refractivity contribution in [3.05, 3.63) is 0 Å². The van der Waals surface area contributed by atoms with E-state index < -0.39 is 0 Å². The zero-order valence-corrected chi connectivity index (χ0v) is 8.58. The van der Waals surface area contributed by atoms with Gasteiger partial charge in [0.05, 0.1) is 12.7 Å². The third-order valence-electron chi connectivity index (χ3n) is 3.05. The van der Waals surface area contributed by atoms with Crippen molar-refractivity contribution >= 4 is 5.91 Å². The first kappa shape index (κ1) is 9.93. The highest BCUT2D eigenvalue weighted by Gasteiger charge is 2.30. The number of rotatable bonds is 2. The zero-order chi connectivity index (χ0) is 9.97. The summed E-state index contributed by atoms with van der Waals surface area (Å²) in [6.45, 7) is 3.42. The van der Waals surface area contributed by atoms with E-state index in [0.29, 0.717) is 12.6 Å². The summed E-state index contributed by atoms with van der Waals surface area (Å²) < 4.78 is 5.42. The van der Waals surface area contributed by atoms with Gasteiger partial charge in [-0.2, -0.15) is 0 Å². The molecule has 0 spiro atoms. The molecule has 0 bridgehead atoms. The molecule has 2 rings (SSSR count). The van der Waals surface area contributed by atoms with Gasteiger partial charge in [-0.3, -0.25) is 4.79 Å². The number of hydrogen-bond donors (Lipinski definition) is 2. The van der Waals surface area contributed by atoms with Crippen LogP contribution in [-0.4, -0.2) is 37.2 Å².